The lowest BCUT2D eigenvalue weighted by atomic mass is 10.0. The maximum atomic E-state index is 13.1. The van der Waals surface area contributed by atoms with Crippen molar-refractivity contribution < 1.29 is 19.1 Å². The molecule has 1 saturated heterocycles. The number of amides is 2. The highest BCUT2D eigenvalue weighted by molar-refractivity contribution is 8.00. The lowest BCUT2D eigenvalue weighted by Gasteiger charge is -2.32. The van der Waals surface area contributed by atoms with E-state index in [9.17, 15) is 14.4 Å². The number of nitrogens with zero attached hydrogens (tertiary/aromatic N) is 2. The van der Waals surface area contributed by atoms with Crippen LogP contribution in [0, 0.1) is 0 Å². The van der Waals surface area contributed by atoms with Crippen molar-refractivity contribution in [1.82, 2.24) is 9.80 Å². The smallest absolute Gasteiger partial charge is 0.333 e. The topological polar surface area (TPSA) is 66.9 Å². The van der Waals surface area contributed by atoms with Gasteiger partial charge in [-0.15, -0.1) is 11.8 Å². The molecule has 2 amide bonds. The monoisotopic (exact) mass is 430 g/mol. The molecular formula is C18H20Cl2N2O4S. The molecule has 2 fully saturated rings. The van der Waals surface area contributed by atoms with Crippen LogP contribution in [0.3, 0.4) is 0 Å². The van der Waals surface area contributed by atoms with Gasteiger partial charge in [0.05, 0.1) is 18.2 Å². The number of carbonyl (C=O) groups excluding carboxylic acids is 3. The van der Waals surface area contributed by atoms with Gasteiger partial charge in [-0.2, -0.15) is 0 Å². The van der Waals surface area contributed by atoms with E-state index in [0.717, 1.165) is 12.8 Å². The molecule has 9 heteroatoms. The molecule has 27 heavy (non-hydrogen) atoms. The summed E-state index contributed by atoms with van der Waals surface area (Å²) in [6, 6.07) is 3.79. The number of esters is 1. The number of hydrogen-bond acceptors (Lipinski definition) is 5. The van der Waals surface area contributed by atoms with Gasteiger partial charge in [0, 0.05) is 21.7 Å². The quantitative estimate of drug-likeness (QED) is 0.621. The van der Waals surface area contributed by atoms with Crippen molar-refractivity contribution >= 4 is 52.7 Å². The predicted molar refractivity (Wildman–Crippen MR) is 105 cm³/mol. The number of thioether (sulfide) groups is 1. The first-order valence-corrected chi connectivity index (χ1v) is 10.6. The van der Waals surface area contributed by atoms with E-state index in [0.29, 0.717) is 27.2 Å². The molecule has 3 rings (SSSR count). The molecule has 1 atom stereocenters. The molecule has 0 spiro atoms. The van der Waals surface area contributed by atoms with Crippen LogP contribution in [0.15, 0.2) is 18.2 Å². The molecule has 1 aromatic carbocycles. The molecular weight excluding hydrogens is 411 g/mol. The zero-order valence-corrected chi connectivity index (χ0v) is 17.1. The third kappa shape index (κ3) is 4.70. The van der Waals surface area contributed by atoms with Crippen LogP contribution in [0.4, 0.5) is 0 Å². The van der Waals surface area contributed by atoms with Crippen LogP contribution >= 0.6 is 35.0 Å². The van der Waals surface area contributed by atoms with Crippen molar-refractivity contribution in [3.8, 4) is 0 Å². The molecule has 1 saturated carbocycles. The van der Waals surface area contributed by atoms with Crippen LogP contribution < -0.4 is 0 Å². The summed E-state index contributed by atoms with van der Waals surface area (Å²) in [5.41, 5.74) is 0.474. The van der Waals surface area contributed by atoms with E-state index in [1.807, 2.05) is 0 Å². The van der Waals surface area contributed by atoms with Crippen molar-refractivity contribution in [2.45, 2.75) is 31.8 Å². The predicted octanol–water partition coefficient (Wildman–Crippen LogP) is 3.12. The molecule has 0 radical (unpaired) electrons. The van der Waals surface area contributed by atoms with Crippen LogP contribution in [0.5, 0.6) is 0 Å². The number of halogens is 2. The number of ether oxygens (including phenoxy) is 1. The normalized spacial score (nSPS) is 17.7. The van der Waals surface area contributed by atoms with E-state index >= 15 is 0 Å². The van der Waals surface area contributed by atoms with Crippen LogP contribution in [-0.4, -0.2) is 58.4 Å². The van der Waals surface area contributed by atoms with Crippen LogP contribution in [0.2, 0.25) is 10.0 Å². The summed E-state index contributed by atoms with van der Waals surface area (Å²) in [6.45, 7) is 1.85. The van der Waals surface area contributed by atoms with E-state index in [2.05, 4.69) is 0 Å². The molecule has 6 nitrogen and oxygen atoms in total. The Morgan fingerprint density at radius 3 is 2.67 bits per heavy atom. The molecule has 2 aliphatic rings. The highest BCUT2D eigenvalue weighted by atomic mass is 35.5. The summed E-state index contributed by atoms with van der Waals surface area (Å²) >= 11 is 13.8. The third-order valence-corrected chi connectivity index (χ3v) is 5.93. The lowest BCUT2D eigenvalue weighted by molar-refractivity contribution is -0.156. The fourth-order valence-electron chi connectivity index (χ4n) is 3.03. The Kier molecular flexibility index (Phi) is 6.55. The first kappa shape index (κ1) is 20.3. The zero-order chi connectivity index (χ0) is 19.6. The molecule has 1 aromatic rings. The third-order valence-electron chi connectivity index (χ3n) is 4.42. The summed E-state index contributed by atoms with van der Waals surface area (Å²) in [6.07, 6.45) is 1.60. The number of rotatable bonds is 7. The second-order valence-corrected chi connectivity index (χ2v) is 8.22. The summed E-state index contributed by atoms with van der Waals surface area (Å²) in [5, 5.41) is 0.738. The van der Waals surface area contributed by atoms with E-state index in [1.165, 1.54) is 21.6 Å². The van der Waals surface area contributed by atoms with E-state index in [4.69, 9.17) is 27.9 Å². The number of benzene rings is 1. The van der Waals surface area contributed by atoms with Gasteiger partial charge >= 0.3 is 5.97 Å². The Labute approximate surface area is 172 Å². The van der Waals surface area contributed by atoms with E-state index < -0.39 is 12.0 Å². The highest BCUT2D eigenvalue weighted by Gasteiger charge is 2.43. The molecule has 1 aliphatic carbocycles. The van der Waals surface area contributed by atoms with Gasteiger partial charge in [0.1, 0.15) is 6.54 Å². The van der Waals surface area contributed by atoms with Crippen LogP contribution in [0.25, 0.3) is 0 Å². The van der Waals surface area contributed by atoms with Gasteiger partial charge in [-0.1, -0.05) is 29.3 Å². The van der Waals surface area contributed by atoms with Crippen LogP contribution in [-0.2, 0) is 19.1 Å². The molecule has 1 aliphatic heterocycles. The standard InChI is InChI=1S/C18H20Cl2N2O4S/c1-2-26-18(25)17(13-6-3-11(19)7-14(13)20)22(12-4-5-12)15(23)8-21-10-27-9-16(21)24/h3,6-7,12,17H,2,4-5,8-10H2,1H3. The maximum Gasteiger partial charge on any atom is 0.333 e. The highest BCUT2D eigenvalue weighted by Crippen LogP contribution is 2.38. The summed E-state index contributed by atoms with van der Waals surface area (Å²) in [7, 11) is 0. The lowest BCUT2D eigenvalue weighted by Crippen LogP contribution is -2.46. The summed E-state index contributed by atoms with van der Waals surface area (Å²) in [5.74, 6) is -0.0293. The molecule has 1 unspecified atom stereocenters. The summed E-state index contributed by atoms with van der Waals surface area (Å²) < 4.78 is 5.23. The minimum Gasteiger partial charge on any atom is -0.464 e. The minimum atomic E-state index is -0.958. The van der Waals surface area contributed by atoms with Gasteiger partial charge < -0.3 is 14.5 Å². The number of carbonyl (C=O) groups is 3. The van der Waals surface area contributed by atoms with Crippen molar-refractivity contribution in [2.75, 3.05) is 24.8 Å². The molecule has 0 N–H and O–H groups in total. The first-order chi connectivity index (χ1) is 12.9. The van der Waals surface area contributed by atoms with Gasteiger partial charge in [0.15, 0.2) is 6.04 Å². The van der Waals surface area contributed by atoms with E-state index in [-0.39, 0.29) is 31.0 Å². The van der Waals surface area contributed by atoms with Crippen LogP contribution in [0.1, 0.15) is 31.4 Å². The molecule has 1 heterocycles. The Morgan fingerprint density at radius 2 is 2.11 bits per heavy atom. The zero-order valence-electron chi connectivity index (χ0n) is 14.8. The Hall–Kier alpha value is -1.44. The van der Waals surface area contributed by atoms with Gasteiger partial charge in [0.25, 0.3) is 0 Å². The van der Waals surface area contributed by atoms with Crippen molar-refractivity contribution in [3.05, 3.63) is 33.8 Å². The van der Waals surface area contributed by atoms with Gasteiger partial charge in [-0.3, -0.25) is 9.59 Å². The molecule has 0 bridgehead atoms. The maximum absolute atomic E-state index is 13.1. The largest absolute Gasteiger partial charge is 0.464 e. The van der Waals surface area contributed by atoms with Crippen molar-refractivity contribution in [2.24, 2.45) is 0 Å². The second kappa shape index (κ2) is 8.71. The van der Waals surface area contributed by atoms with Crippen molar-refractivity contribution in [3.63, 3.8) is 0 Å². The summed E-state index contributed by atoms with van der Waals surface area (Å²) in [4.78, 5) is 40.8. The van der Waals surface area contributed by atoms with Gasteiger partial charge in [0.2, 0.25) is 11.8 Å². The fourth-order valence-corrected chi connectivity index (χ4v) is 4.45. The van der Waals surface area contributed by atoms with Gasteiger partial charge in [-0.05, 0) is 31.9 Å². The van der Waals surface area contributed by atoms with Crippen molar-refractivity contribution in [1.29, 1.82) is 0 Å². The Balaban J connectivity index is 1.92. The minimum absolute atomic E-state index is 0.0521. The fraction of sp³-hybridized carbons (Fsp3) is 0.500. The van der Waals surface area contributed by atoms with Gasteiger partial charge in [-0.25, -0.2) is 4.79 Å². The Bertz CT molecular complexity index is 757. The second-order valence-electron chi connectivity index (χ2n) is 6.42. The first-order valence-electron chi connectivity index (χ1n) is 8.70. The number of hydrogen-bond donors (Lipinski definition) is 0. The molecule has 146 valence electrons. The SMILES string of the molecule is CCOC(=O)C(c1ccc(Cl)cc1Cl)N(C(=O)CN1CSCC1=O)C1CC1. The Morgan fingerprint density at radius 1 is 1.37 bits per heavy atom. The average molecular weight is 431 g/mol. The average Bonchev–Trinajstić information content (AvgIpc) is 3.36. The molecule has 0 aromatic heterocycles. The van der Waals surface area contributed by atoms with E-state index in [1.54, 1.807) is 25.1 Å².